The van der Waals surface area contributed by atoms with E-state index < -0.39 is 0 Å². The van der Waals surface area contributed by atoms with Crippen molar-refractivity contribution in [3.05, 3.63) is 5.01 Å². The first-order valence-electron chi connectivity index (χ1n) is 5.24. The van der Waals surface area contributed by atoms with Crippen LogP contribution in [0.5, 0.6) is 0 Å². The molecular formula is C9H14N4OS2. The van der Waals surface area contributed by atoms with E-state index in [9.17, 15) is 4.79 Å². The van der Waals surface area contributed by atoms with E-state index in [0.29, 0.717) is 5.13 Å². The molecule has 1 saturated heterocycles. The SMILES string of the molecule is CCc1nnc(NC(=O)C2CSCCN2)s1. The standard InChI is InChI=1S/C9H14N4OS2/c1-2-7-12-13-9(16-7)11-8(14)6-5-15-4-3-10-6/h6,10H,2-5H2,1H3,(H,11,13,14). The second kappa shape index (κ2) is 5.60. The molecule has 1 fully saturated rings. The van der Waals surface area contributed by atoms with Crippen molar-refractivity contribution in [2.45, 2.75) is 19.4 Å². The Kier molecular flexibility index (Phi) is 4.14. The molecule has 0 bridgehead atoms. The summed E-state index contributed by atoms with van der Waals surface area (Å²) < 4.78 is 0. The fourth-order valence-electron chi connectivity index (χ4n) is 1.37. The van der Waals surface area contributed by atoms with Gasteiger partial charge in [0.25, 0.3) is 0 Å². The van der Waals surface area contributed by atoms with Crippen LogP contribution >= 0.6 is 23.1 Å². The summed E-state index contributed by atoms with van der Waals surface area (Å²) in [6.07, 6.45) is 0.852. The predicted octanol–water partition coefficient (Wildman–Crippen LogP) is 0.744. The number of nitrogens with one attached hydrogen (secondary N) is 2. The second-order valence-corrected chi connectivity index (χ2v) is 5.64. The Morgan fingerprint density at radius 2 is 2.50 bits per heavy atom. The van der Waals surface area contributed by atoms with Gasteiger partial charge < -0.3 is 5.32 Å². The first-order valence-corrected chi connectivity index (χ1v) is 7.21. The molecule has 0 aliphatic carbocycles. The van der Waals surface area contributed by atoms with Crippen molar-refractivity contribution >= 4 is 34.1 Å². The molecule has 7 heteroatoms. The van der Waals surface area contributed by atoms with Crippen LogP contribution < -0.4 is 10.6 Å². The molecule has 2 N–H and O–H groups in total. The van der Waals surface area contributed by atoms with E-state index in [1.165, 1.54) is 11.3 Å². The van der Waals surface area contributed by atoms with Gasteiger partial charge in [-0.05, 0) is 6.42 Å². The van der Waals surface area contributed by atoms with Crippen LogP contribution in [0.3, 0.4) is 0 Å². The summed E-state index contributed by atoms with van der Waals surface area (Å²) in [5.74, 6) is 1.89. The molecule has 88 valence electrons. The van der Waals surface area contributed by atoms with Gasteiger partial charge in [-0.1, -0.05) is 18.3 Å². The van der Waals surface area contributed by atoms with Crippen molar-refractivity contribution < 1.29 is 4.79 Å². The Hall–Kier alpha value is -0.660. The van der Waals surface area contributed by atoms with E-state index in [1.54, 1.807) is 11.8 Å². The monoisotopic (exact) mass is 258 g/mol. The molecule has 1 atom stereocenters. The van der Waals surface area contributed by atoms with Gasteiger partial charge in [0.15, 0.2) is 0 Å². The van der Waals surface area contributed by atoms with Crippen LogP contribution in [0.2, 0.25) is 0 Å². The molecule has 2 rings (SSSR count). The molecular weight excluding hydrogens is 244 g/mol. The molecule has 0 radical (unpaired) electrons. The first kappa shape index (κ1) is 11.8. The third-order valence-electron chi connectivity index (χ3n) is 2.24. The van der Waals surface area contributed by atoms with Gasteiger partial charge >= 0.3 is 0 Å². The number of carbonyl (C=O) groups excluding carboxylic acids is 1. The Bertz CT molecular complexity index is 362. The van der Waals surface area contributed by atoms with Crippen molar-refractivity contribution in [1.82, 2.24) is 15.5 Å². The van der Waals surface area contributed by atoms with Crippen LogP contribution in [0.15, 0.2) is 0 Å². The topological polar surface area (TPSA) is 66.9 Å². The van der Waals surface area contributed by atoms with Gasteiger partial charge in [0, 0.05) is 18.1 Å². The lowest BCUT2D eigenvalue weighted by atomic mass is 10.3. The number of anilines is 1. The first-order chi connectivity index (χ1) is 7.79. The summed E-state index contributed by atoms with van der Waals surface area (Å²) in [5.41, 5.74) is 0. The van der Waals surface area contributed by atoms with Crippen molar-refractivity contribution in [1.29, 1.82) is 0 Å². The Balaban J connectivity index is 1.90. The normalized spacial score (nSPS) is 20.7. The molecule has 5 nitrogen and oxygen atoms in total. The summed E-state index contributed by atoms with van der Waals surface area (Å²) >= 11 is 3.23. The predicted molar refractivity (Wildman–Crippen MR) is 67.0 cm³/mol. The number of rotatable bonds is 3. The van der Waals surface area contributed by atoms with Crippen LogP contribution in [0.1, 0.15) is 11.9 Å². The fraction of sp³-hybridized carbons (Fsp3) is 0.667. The minimum Gasteiger partial charge on any atom is -0.304 e. The smallest absolute Gasteiger partial charge is 0.244 e. The van der Waals surface area contributed by atoms with Crippen LogP contribution in [-0.4, -0.2) is 40.2 Å². The minimum atomic E-state index is -0.104. The van der Waals surface area contributed by atoms with Crippen LogP contribution in [-0.2, 0) is 11.2 Å². The lowest BCUT2D eigenvalue weighted by molar-refractivity contribution is -0.117. The van der Waals surface area contributed by atoms with Gasteiger partial charge in [-0.15, -0.1) is 10.2 Å². The molecule has 16 heavy (non-hydrogen) atoms. The molecule has 1 unspecified atom stereocenters. The largest absolute Gasteiger partial charge is 0.304 e. The number of nitrogens with zero attached hydrogens (tertiary/aromatic N) is 2. The highest BCUT2D eigenvalue weighted by Gasteiger charge is 2.21. The number of carbonyl (C=O) groups is 1. The number of hydrogen-bond acceptors (Lipinski definition) is 6. The highest BCUT2D eigenvalue weighted by atomic mass is 32.2. The fourth-order valence-corrected chi connectivity index (χ4v) is 2.99. The van der Waals surface area contributed by atoms with Crippen molar-refractivity contribution in [3.8, 4) is 0 Å². The average molecular weight is 258 g/mol. The summed E-state index contributed by atoms with van der Waals surface area (Å²) in [5, 5.41) is 15.4. The number of aryl methyl sites for hydroxylation is 1. The molecule has 1 aliphatic rings. The highest BCUT2D eigenvalue weighted by molar-refractivity contribution is 7.99. The zero-order chi connectivity index (χ0) is 11.4. The zero-order valence-electron chi connectivity index (χ0n) is 9.02. The van der Waals surface area contributed by atoms with Crippen molar-refractivity contribution in [3.63, 3.8) is 0 Å². The van der Waals surface area contributed by atoms with Gasteiger partial charge in [-0.3, -0.25) is 10.1 Å². The van der Waals surface area contributed by atoms with E-state index >= 15 is 0 Å². The summed E-state index contributed by atoms with van der Waals surface area (Å²) in [7, 11) is 0. The third kappa shape index (κ3) is 2.93. The third-order valence-corrected chi connectivity index (χ3v) is 4.28. The van der Waals surface area contributed by atoms with E-state index in [1.807, 2.05) is 6.92 Å². The summed E-state index contributed by atoms with van der Waals surface area (Å²) in [6.45, 7) is 2.91. The maximum absolute atomic E-state index is 11.8. The number of aromatic nitrogens is 2. The number of amides is 1. The molecule has 1 aliphatic heterocycles. The molecule has 0 aromatic carbocycles. The summed E-state index contributed by atoms with van der Waals surface area (Å²) in [4.78, 5) is 11.8. The molecule has 1 amide bonds. The van der Waals surface area contributed by atoms with Crippen LogP contribution in [0.4, 0.5) is 5.13 Å². The molecule has 1 aromatic rings. The van der Waals surface area contributed by atoms with Gasteiger partial charge in [0.2, 0.25) is 11.0 Å². The van der Waals surface area contributed by atoms with Gasteiger partial charge in [-0.2, -0.15) is 11.8 Å². The van der Waals surface area contributed by atoms with Crippen LogP contribution in [0.25, 0.3) is 0 Å². The van der Waals surface area contributed by atoms with E-state index in [-0.39, 0.29) is 11.9 Å². The van der Waals surface area contributed by atoms with E-state index in [0.717, 1.165) is 29.5 Å². The summed E-state index contributed by atoms with van der Waals surface area (Å²) in [6, 6.07) is -0.104. The maximum Gasteiger partial charge on any atom is 0.244 e. The van der Waals surface area contributed by atoms with E-state index in [4.69, 9.17) is 0 Å². The molecule has 1 aromatic heterocycles. The quantitative estimate of drug-likeness (QED) is 0.837. The van der Waals surface area contributed by atoms with Gasteiger partial charge in [-0.25, -0.2) is 0 Å². The second-order valence-electron chi connectivity index (χ2n) is 3.43. The number of thioether (sulfide) groups is 1. The van der Waals surface area contributed by atoms with E-state index in [2.05, 4.69) is 20.8 Å². The molecule has 0 saturated carbocycles. The van der Waals surface area contributed by atoms with Gasteiger partial charge in [0.05, 0.1) is 6.04 Å². The van der Waals surface area contributed by atoms with Crippen molar-refractivity contribution in [2.24, 2.45) is 0 Å². The van der Waals surface area contributed by atoms with Crippen molar-refractivity contribution in [2.75, 3.05) is 23.4 Å². The minimum absolute atomic E-state index is 0.00833. The molecule has 2 heterocycles. The average Bonchev–Trinajstić information content (AvgIpc) is 2.78. The zero-order valence-corrected chi connectivity index (χ0v) is 10.7. The number of hydrogen-bond donors (Lipinski definition) is 2. The Labute approximate surface area is 102 Å². The maximum atomic E-state index is 11.8. The van der Waals surface area contributed by atoms with Gasteiger partial charge in [0.1, 0.15) is 5.01 Å². The lowest BCUT2D eigenvalue weighted by Gasteiger charge is -2.21. The Morgan fingerprint density at radius 1 is 1.62 bits per heavy atom. The lowest BCUT2D eigenvalue weighted by Crippen LogP contribution is -2.46. The Morgan fingerprint density at radius 3 is 3.12 bits per heavy atom. The highest BCUT2D eigenvalue weighted by Crippen LogP contribution is 2.16. The van der Waals surface area contributed by atoms with Crippen LogP contribution in [0, 0.1) is 0 Å². The molecule has 0 spiro atoms.